The highest BCUT2D eigenvalue weighted by Gasteiger charge is 2.45. The lowest BCUT2D eigenvalue weighted by atomic mass is 10.1. The van der Waals surface area contributed by atoms with Crippen molar-refractivity contribution in [3.63, 3.8) is 0 Å². The van der Waals surface area contributed by atoms with E-state index in [1.54, 1.807) is 0 Å². The van der Waals surface area contributed by atoms with E-state index in [1.165, 1.54) is 13.1 Å². The number of aliphatic hydroxyl groups is 2. The van der Waals surface area contributed by atoms with Gasteiger partial charge in [0, 0.05) is 43.3 Å². The van der Waals surface area contributed by atoms with Crippen LogP contribution in [0.5, 0.6) is 0 Å². The van der Waals surface area contributed by atoms with Crippen molar-refractivity contribution in [3.05, 3.63) is 46.7 Å². The van der Waals surface area contributed by atoms with E-state index in [1.807, 2.05) is 4.90 Å². The van der Waals surface area contributed by atoms with Crippen molar-refractivity contribution < 1.29 is 33.3 Å². The number of β-amino-alcohol motifs (C(OH)–C–C–N with tert-alkyl or cyclic N) is 2. The number of likely N-dealkylation sites (tertiary alicyclic amines) is 1. The van der Waals surface area contributed by atoms with E-state index >= 15 is 0 Å². The maximum absolute atomic E-state index is 14.2. The molecule has 188 valence electrons. The van der Waals surface area contributed by atoms with Gasteiger partial charge in [-0.05, 0) is 44.0 Å². The number of nitrogens with zero attached hydrogens (tertiary/aromatic N) is 1. The number of hydrogen-bond donors (Lipinski definition) is 6. The first-order valence-electron chi connectivity index (χ1n) is 10.8. The Bertz CT molecular complexity index is 942. The van der Waals surface area contributed by atoms with Crippen molar-refractivity contribution in [2.75, 3.05) is 26.2 Å². The fourth-order valence-electron chi connectivity index (χ4n) is 3.65. The summed E-state index contributed by atoms with van der Waals surface area (Å²) in [6.45, 7) is 2.79. The highest BCUT2D eigenvalue weighted by atomic mass is 32.2. The van der Waals surface area contributed by atoms with Crippen molar-refractivity contribution in [1.29, 1.82) is 0 Å². The number of nitrogens with one attached hydrogen (secondary N) is 3. The molecule has 3 amide bonds. The van der Waals surface area contributed by atoms with Crippen LogP contribution in [0, 0.1) is 18.6 Å². The summed E-state index contributed by atoms with van der Waals surface area (Å²) in [5.74, 6) is -2.15. The Morgan fingerprint density at radius 2 is 1.97 bits per heavy atom. The fraction of sp³-hybridized carbons (Fsp3) is 0.524. The third kappa shape index (κ3) is 6.36. The molecule has 0 aliphatic carbocycles. The van der Waals surface area contributed by atoms with E-state index in [0.29, 0.717) is 32.6 Å². The SMILES string of the molecule is Cc1cc(F)c(COC2(NC(=O)NCCCCN3CC(O)C(O)C3)SNC=C2C(N)=O)cc1F. The molecule has 1 saturated heterocycles. The smallest absolute Gasteiger partial charge is 0.318 e. The first-order valence-corrected chi connectivity index (χ1v) is 11.6. The van der Waals surface area contributed by atoms with Crippen LogP contribution in [0.1, 0.15) is 24.0 Å². The fourth-order valence-corrected chi connectivity index (χ4v) is 4.53. The number of urea groups is 1. The van der Waals surface area contributed by atoms with Gasteiger partial charge in [-0.15, -0.1) is 0 Å². The number of aryl methyl sites for hydroxylation is 1. The first kappa shape index (κ1) is 26.2. The summed E-state index contributed by atoms with van der Waals surface area (Å²) in [6.07, 6.45) is 1.15. The van der Waals surface area contributed by atoms with Crippen LogP contribution in [0.2, 0.25) is 0 Å². The molecule has 1 fully saturated rings. The maximum Gasteiger partial charge on any atom is 0.318 e. The van der Waals surface area contributed by atoms with Crippen LogP contribution in [0.15, 0.2) is 23.9 Å². The van der Waals surface area contributed by atoms with Gasteiger partial charge >= 0.3 is 6.03 Å². The third-order valence-electron chi connectivity index (χ3n) is 5.58. The van der Waals surface area contributed by atoms with Gasteiger partial charge in [0.05, 0.1) is 24.4 Å². The van der Waals surface area contributed by atoms with Crippen LogP contribution >= 0.6 is 11.9 Å². The Hall–Kier alpha value is -2.45. The molecule has 2 aliphatic heterocycles. The molecular weight excluding hydrogens is 472 g/mol. The number of carbonyl (C=O) groups is 2. The van der Waals surface area contributed by atoms with Crippen molar-refractivity contribution >= 4 is 23.9 Å². The monoisotopic (exact) mass is 501 g/mol. The summed E-state index contributed by atoms with van der Waals surface area (Å²) in [5, 5.41) is 22.6. The molecule has 3 unspecified atom stereocenters. The molecule has 2 aliphatic rings. The van der Waals surface area contributed by atoms with Crippen LogP contribution in [0.3, 0.4) is 0 Å². The molecule has 13 heteroatoms. The average molecular weight is 502 g/mol. The van der Waals surface area contributed by atoms with Crippen molar-refractivity contribution in [2.24, 2.45) is 5.73 Å². The Kier molecular flexibility index (Phi) is 8.71. The number of unbranched alkanes of at least 4 members (excludes halogenated alkanes) is 1. The first-order chi connectivity index (χ1) is 16.1. The highest BCUT2D eigenvalue weighted by Crippen LogP contribution is 2.35. The summed E-state index contributed by atoms with van der Waals surface area (Å²) in [5.41, 5.74) is 5.39. The summed E-state index contributed by atoms with van der Waals surface area (Å²) >= 11 is 0.840. The maximum atomic E-state index is 14.2. The molecule has 10 nitrogen and oxygen atoms in total. The normalized spacial score (nSPS) is 24.6. The molecule has 2 heterocycles. The number of halogens is 2. The van der Waals surface area contributed by atoms with Crippen LogP contribution in [-0.4, -0.2) is 70.5 Å². The lowest BCUT2D eigenvalue weighted by Gasteiger charge is -2.30. The summed E-state index contributed by atoms with van der Waals surface area (Å²) in [7, 11) is 0. The minimum absolute atomic E-state index is 0.0850. The lowest BCUT2D eigenvalue weighted by molar-refractivity contribution is -0.116. The molecule has 3 rings (SSSR count). The van der Waals surface area contributed by atoms with Gasteiger partial charge in [-0.3, -0.25) is 15.0 Å². The highest BCUT2D eigenvalue weighted by molar-refractivity contribution is 7.99. The van der Waals surface area contributed by atoms with Gasteiger partial charge in [0.2, 0.25) is 5.06 Å². The van der Waals surface area contributed by atoms with Crippen LogP contribution in [-0.2, 0) is 16.1 Å². The number of nitrogens with two attached hydrogens (primary N) is 1. The minimum atomic E-state index is -1.74. The Morgan fingerprint density at radius 3 is 2.65 bits per heavy atom. The van der Waals surface area contributed by atoms with Crippen LogP contribution in [0.4, 0.5) is 13.6 Å². The minimum Gasteiger partial charge on any atom is -0.389 e. The number of hydrogen-bond acceptors (Lipinski definition) is 8. The van der Waals surface area contributed by atoms with E-state index in [-0.39, 0.29) is 16.7 Å². The second kappa shape index (κ2) is 11.3. The number of ether oxygens (including phenoxy) is 1. The van der Waals surface area contributed by atoms with E-state index in [2.05, 4.69) is 15.4 Å². The number of aliphatic hydroxyl groups excluding tert-OH is 2. The molecule has 3 atom stereocenters. The molecule has 1 aromatic rings. The lowest BCUT2D eigenvalue weighted by Crippen LogP contribution is -2.54. The average Bonchev–Trinajstić information content (AvgIpc) is 3.32. The van der Waals surface area contributed by atoms with Gasteiger partial charge in [-0.2, -0.15) is 0 Å². The number of primary amides is 1. The zero-order chi connectivity index (χ0) is 24.9. The topological polar surface area (TPSA) is 149 Å². The largest absolute Gasteiger partial charge is 0.389 e. The van der Waals surface area contributed by atoms with E-state index < -0.39 is 47.4 Å². The summed E-state index contributed by atoms with van der Waals surface area (Å²) in [6, 6.07) is 1.39. The quantitative estimate of drug-likeness (QED) is 0.151. The Morgan fingerprint density at radius 1 is 1.26 bits per heavy atom. The van der Waals surface area contributed by atoms with Gasteiger partial charge in [0.1, 0.15) is 11.6 Å². The molecule has 0 aromatic heterocycles. The molecule has 0 spiro atoms. The second-order valence-corrected chi connectivity index (χ2v) is 9.24. The van der Waals surface area contributed by atoms with Crippen LogP contribution < -0.4 is 21.1 Å². The number of benzene rings is 1. The van der Waals surface area contributed by atoms with Gasteiger partial charge in [-0.25, -0.2) is 13.6 Å². The van der Waals surface area contributed by atoms with Gasteiger partial charge in [-0.1, -0.05) is 0 Å². The van der Waals surface area contributed by atoms with Crippen molar-refractivity contribution in [2.45, 2.75) is 43.6 Å². The zero-order valence-corrected chi connectivity index (χ0v) is 19.5. The molecule has 34 heavy (non-hydrogen) atoms. The predicted molar refractivity (Wildman–Crippen MR) is 121 cm³/mol. The standard InChI is InChI=1S/C21H29F2N5O5S/c1-12-6-16(23)13(7-15(12)22)11-33-21(14(19(24)31)8-26-34-21)27-20(32)25-4-2-3-5-28-9-17(29)18(30)10-28/h6-8,17-18,26,29-30H,2-5,9-11H2,1H3,(H2,24,31)(H2,25,27,32). The number of rotatable bonds is 10. The van der Waals surface area contributed by atoms with Gasteiger partial charge in [0.15, 0.2) is 0 Å². The van der Waals surface area contributed by atoms with Crippen molar-refractivity contribution in [1.82, 2.24) is 20.3 Å². The van der Waals surface area contributed by atoms with E-state index in [9.17, 15) is 28.6 Å². The summed E-state index contributed by atoms with van der Waals surface area (Å²) in [4.78, 5) is 26.4. The Labute approximate surface area is 200 Å². The van der Waals surface area contributed by atoms with Crippen molar-refractivity contribution in [3.8, 4) is 0 Å². The molecule has 7 N–H and O–H groups in total. The third-order valence-corrected chi connectivity index (χ3v) is 6.55. The molecule has 0 radical (unpaired) electrons. The molecule has 0 bridgehead atoms. The molecule has 0 saturated carbocycles. The zero-order valence-electron chi connectivity index (χ0n) is 18.6. The predicted octanol–water partition coefficient (Wildman–Crippen LogP) is 0.181. The van der Waals surface area contributed by atoms with Crippen LogP contribution in [0.25, 0.3) is 0 Å². The van der Waals surface area contributed by atoms with E-state index in [0.717, 1.165) is 30.5 Å². The molecule has 1 aromatic carbocycles. The second-order valence-electron chi connectivity index (χ2n) is 8.22. The van der Waals surface area contributed by atoms with E-state index in [4.69, 9.17) is 10.5 Å². The van der Waals surface area contributed by atoms with Gasteiger partial charge < -0.3 is 30.7 Å². The summed E-state index contributed by atoms with van der Waals surface area (Å²) < 4.78 is 36.5. The Balaban J connectivity index is 1.54. The number of amides is 3. The van der Waals surface area contributed by atoms with Gasteiger partial charge in [0.25, 0.3) is 5.91 Å². The number of carbonyl (C=O) groups excluding carboxylic acids is 2. The molecular formula is C21H29F2N5O5S.